The van der Waals surface area contributed by atoms with Crippen LogP contribution in [0.2, 0.25) is 1.41 Å². The highest BCUT2D eigenvalue weighted by Gasteiger charge is 2.45. The van der Waals surface area contributed by atoms with E-state index in [0.717, 1.165) is 30.4 Å². The molecule has 0 heterocycles. The van der Waals surface area contributed by atoms with Crippen molar-refractivity contribution in [3.63, 3.8) is 0 Å². The minimum atomic E-state index is -0.836. The number of rotatable bonds is 22. The lowest BCUT2D eigenvalue weighted by atomic mass is 9.74. The molecule has 2 aliphatic carbocycles. The minimum absolute atomic E-state index is 0.00903. The zero-order valence-corrected chi connectivity index (χ0v) is 27.4. The van der Waals surface area contributed by atoms with E-state index in [9.17, 15) is 19.2 Å². The lowest BCUT2D eigenvalue weighted by Crippen LogP contribution is -2.40. The van der Waals surface area contributed by atoms with Crippen molar-refractivity contribution >= 4 is 23.7 Å². The number of ketones is 1. The van der Waals surface area contributed by atoms with Gasteiger partial charge in [-0.05, 0) is 80.9 Å². The van der Waals surface area contributed by atoms with Gasteiger partial charge in [-0.3, -0.25) is 14.4 Å². The van der Waals surface area contributed by atoms with Crippen LogP contribution in [0.25, 0.3) is 0 Å². The van der Waals surface area contributed by atoms with Crippen molar-refractivity contribution in [1.29, 1.82) is 0 Å². The number of nitrogens with one attached hydrogen (secondary N) is 2. The third kappa shape index (κ3) is 12.3. The predicted octanol–water partition coefficient (Wildman–Crippen LogP) is 3.34. The van der Waals surface area contributed by atoms with Gasteiger partial charge in [-0.25, -0.2) is 4.79 Å². The summed E-state index contributed by atoms with van der Waals surface area (Å²) in [5.74, 6) is -0.0613. The molecule has 1 fully saturated rings. The number of fused-ring (bicyclic) bond motifs is 3. The van der Waals surface area contributed by atoms with Gasteiger partial charge in [0.1, 0.15) is 6.61 Å². The van der Waals surface area contributed by atoms with Crippen LogP contribution >= 0.6 is 0 Å². The average molecular weight is 649 g/mol. The van der Waals surface area contributed by atoms with Crippen LogP contribution in [0.4, 0.5) is 4.79 Å². The van der Waals surface area contributed by atoms with Crippen molar-refractivity contribution in [1.82, 2.24) is 10.6 Å². The second-order valence-corrected chi connectivity index (χ2v) is 12.3. The van der Waals surface area contributed by atoms with Crippen LogP contribution in [0.3, 0.4) is 0 Å². The van der Waals surface area contributed by atoms with Crippen LogP contribution in [0.1, 0.15) is 104 Å². The number of aliphatic hydroxyl groups is 1. The Kier molecular flexibility index (Phi) is 15.7. The lowest BCUT2D eigenvalue weighted by molar-refractivity contribution is -0.123. The van der Waals surface area contributed by atoms with E-state index in [0.29, 0.717) is 70.6 Å². The van der Waals surface area contributed by atoms with Gasteiger partial charge in [0.25, 0.3) is 0 Å². The van der Waals surface area contributed by atoms with Gasteiger partial charge < -0.3 is 40.4 Å². The molecule has 0 radical (unpaired) electrons. The quantitative estimate of drug-likeness (QED) is 0.109. The van der Waals surface area contributed by atoms with Crippen LogP contribution < -0.4 is 16.4 Å². The van der Waals surface area contributed by atoms with Gasteiger partial charge in [0, 0.05) is 76.9 Å². The number of ether oxygens (including phenoxy) is 4. The van der Waals surface area contributed by atoms with E-state index < -0.39 is 6.09 Å². The molecule has 3 rings (SSSR count). The number of carbonyl (C=O) groups excluding carboxylic acids is 4. The molecular formula is C34H53N3O9. The van der Waals surface area contributed by atoms with Crippen molar-refractivity contribution in [2.45, 2.75) is 95.1 Å². The minimum Gasteiger partial charge on any atom is -0.449 e. The van der Waals surface area contributed by atoms with Gasteiger partial charge in [-0.1, -0.05) is 12.1 Å². The van der Waals surface area contributed by atoms with Gasteiger partial charge in [-0.2, -0.15) is 0 Å². The van der Waals surface area contributed by atoms with Crippen LogP contribution in [-0.4, -0.2) is 94.2 Å². The maximum atomic E-state index is 13.1. The Balaban J connectivity index is 1.50. The highest BCUT2D eigenvalue weighted by Crippen LogP contribution is 2.53. The fraction of sp³-hybridized carbons (Fsp3) is 0.706. The summed E-state index contributed by atoms with van der Waals surface area (Å²) in [6.45, 7) is 4.54. The van der Waals surface area contributed by atoms with Crippen molar-refractivity contribution in [3.05, 3.63) is 34.9 Å². The second-order valence-electron chi connectivity index (χ2n) is 12.3. The summed E-state index contributed by atoms with van der Waals surface area (Å²) in [4.78, 5) is 49.8. The third-order valence-electron chi connectivity index (χ3n) is 8.88. The molecule has 258 valence electrons. The molecule has 5 unspecified atom stereocenters. The van der Waals surface area contributed by atoms with Gasteiger partial charge in [-0.15, -0.1) is 0 Å². The van der Waals surface area contributed by atoms with E-state index in [4.69, 9.17) is 25.5 Å². The molecule has 1 saturated carbocycles. The second kappa shape index (κ2) is 20.2. The highest BCUT2D eigenvalue weighted by molar-refractivity contribution is 5.96. The number of carbonyl (C=O) groups is 4. The van der Waals surface area contributed by atoms with Crippen LogP contribution in [0, 0.1) is 5.92 Å². The molecule has 2 aliphatic rings. The zero-order chi connectivity index (χ0) is 34.0. The third-order valence-corrected chi connectivity index (χ3v) is 8.88. The number of Topliss-reactive ketones (excluding diaryl/α,β-unsaturated/α-hetero) is 1. The molecule has 0 aliphatic heterocycles. The summed E-state index contributed by atoms with van der Waals surface area (Å²) in [6.07, 6.45) is 4.66. The number of methoxy groups -OCH3 is 1. The number of hydrogen-bond acceptors (Lipinski definition) is 9. The first-order valence-electron chi connectivity index (χ1n) is 17.1. The topological polar surface area (TPSA) is 176 Å². The first kappa shape index (κ1) is 35.8. The molecule has 46 heavy (non-hydrogen) atoms. The summed E-state index contributed by atoms with van der Waals surface area (Å²) >= 11 is 0. The summed E-state index contributed by atoms with van der Waals surface area (Å²) in [7, 11) is 1.64. The Bertz CT molecular complexity index is 1150. The Morgan fingerprint density at radius 3 is 2.63 bits per heavy atom. The van der Waals surface area contributed by atoms with E-state index in [1.807, 2.05) is 25.1 Å². The Labute approximate surface area is 273 Å². The molecule has 0 spiro atoms. The van der Waals surface area contributed by atoms with Crippen molar-refractivity contribution in [2.24, 2.45) is 11.6 Å². The number of primary amides is 1. The molecule has 3 amide bonds. The smallest absolute Gasteiger partial charge is 0.404 e. The normalized spacial score (nSPS) is 21.0. The van der Waals surface area contributed by atoms with Gasteiger partial charge in [0.05, 0.1) is 12.7 Å². The molecule has 0 bridgehead atoms. The van der Waals surface area contributed by atoms with E-state index in [-0.39, 0.29) is 73.6 Å². The van der Waals surface area contributed by atoms with Crippen molar-refractivity contribution < 1.29 is 44.6 Å². The van der Waals surface area contributed by atoms with E-state index in [1.54, 1.807) is 12.8 Å². The molecule has 0 aromatic heterocycles. The largest absolute Gasteiger partial charge is 0.449 e. The first-order chi connectivity index (χ1) is 22.8. The van der Waals surface area contributed by atoms with E-state index in [1.165, 1.54) is 0 Å². The van der Waals surface area contributed by atoms with Crippen molar-refractivity contribution in [3.8, 4) is 0 Å². The number of benzene rings is 1. The average Bonchev–Trinajstić information content (AvgIpc) is 3.37. The molecule has 5 atom stereocenters. The number of hydrogen-bond donors (Lipinski definition) is 4. The fourth-order valence-corrected chi connectivity index (χ4v) is 6.58. The highest BCUT2D eigenvalue weighted by atomic mass is 16.5. The number of nitrogens with two attached hydrogens (primary N) is 1. The summed E-state index contributed by atoms with van der Waals surface area (Å²) in [6, 6.07) is 5.75. The summed E-state index contributed by atoms with van der Waals surface area (Å²) < 4.78 is 28.5. The van der Waals surface area contributed by atoms with Crippen LogP contribution in [-0.2, 0) is 28.5 Å². The molecule has 5 N–H and O–H groups in total. The molecule has 12 nitrogen and oxygen atoms in total. The SMILES string of the molecule is [2H]NC(=O)OCC1c2cc(C(=O)CCCOC(C)CCO)ccc2C2CCC(NC(=O)CCCC(=O)NCCOCCCOC)CC21. The maximum absolute atomic E-state index is 13.1. The fourth-order valence-electron chi connectivity index (χ4n) is 6.58. The lowest BCUT2D eigenvalue weighted by Gasteiger charge is -2.35. The van der Waals surface area contributed by atoms with Crippen LogP contribution in [0.5, 0.6) is 0 Å². The van der Waals surface area contributed by atoms with Gasteiger partial charge in [0.15, 0.2) is 7.20 Å². The summed E-state index contributed by atoms with van der Waals surface area (Å²) in [5, 5.41) is 15.0. The van der Waals surface area contributed by atoms with Gasteiger partial charge in [0.2, 0.25) is 11.8 Å². The zero-order valence-electron chi connectivity index (χ0n) is 28.4. The Hall–Kier alpha value is -3.06. The Morgan fingerprint density at radius 2 is 1.85 bits per heavy atom. The van der Waals surface area contributed by atoms with Gasteiger partial charge >= 0.3 is 6.09 Å². The molecule has 1 aromatic carbocycles. The van der Waals surface area contributed by atoms with E-state index >= 15 is 0 Å². The monoisotopic (exact) mass is 648 g/mol. The van der Waals surface area contributed by atoms with Crippen LogP contribution in [0.15, 0.2) is 18.2 Å². The number of aliphatic hydroxyl groups excluding tert-OH is 1. The first-order valence-corrected chi connectivity index (χ1v) is 16.6. The standard InChI is InChI=1S/C34H53N3O9/c1-23(13-15-38)45-18-4-6-31(39)24-9-11-26-27-12-10-25(21-29(27)30(28(26)20-24)22-46-34(35)42)37-33(41)8-3-7-32(40)36-14-19-44-17-5-16-43-2/h9,11,20,23,25,27,29-30,38H,3-8,10,12-19,21-22H2,1-2H3,(H2,35,42)(H,36,40)(H,37,41)/i/hD. The molecule has 1 aromatic rings. The number of amides is 3. The molecule has 12 heteroatoms. The molecular weight excluding hydrogens is 594 g/mol. The summed E-state index contributed by atoms with van der Waals surface area (Å²) in [5.41, 5.74) is 4.48. The molecule has 0 saturated heterocycles. The van der Waals surface area contributed by atoms with Crippen molar-refractivity contribution in [2.75, 3.05) is 53.3 Å². The Morgan fingerprint density at radius 1 is 1.02 bits per heavy atom. The predicted molar refractivity (Wildman–Crippen MR) is 172 cm³/mol. The van der Waals surface area contributed by atoms with E-state index in [2.05, 4.69) is 10.6 Å². The maximum Gasteiger partial charge on any atom is 0.404 e.